The molecule has 0 saturated carbocycles. The lowest BCUT2D eigenvalue weighted by Gasteiger charge is -2.09. The number of benzene rings is 3. The maximum absolute atomic E-state index is 3.55. The van der Waals surface area contributed by atoms with Crippen molar-refractivity contribution in [3.63, 3.8) is 0 Å². The number of hydrogen-bond acceptors (Lipinski definition) is 2. The molecule has 3 aromatic carbocycles. The first-order valence-corrected chi connectivity index (χ1v) is 9.05. The minimum absolute atomic E-state index is 0.868. The maximum atomic E-state index is 3.55. The standard InChI is InChI=1S/C23H23N3/c1-2-8-20(9-3-1)26-21-10-6-7-18(15-21)16-24-14-13-19-17-25-23-12-5-4-11-22(19)23/h1-12,15,17,24-26H,13-14,16H2. The molecule has 0 unspecified atom stereocenters. The largest absolute Gasteiger partial charge is 0.361 e. The fraction of sp³-hybridized carbons (Fsp3) is 0.130. The van der Waals surface area contributed by atoms with Crippen molar-refractivity contribution in [2.75, 3.05) is 11.9 Å². The van der Waals surface area contributed by atoms with Gasteiger partial charge in [-0.1, -0.05) is 48.5 Å². The molecule has 0 aliphatic rings. The lowest BCUT2D eigenvalue weighted by Crippen LogP contribution is -2.16. The molecule has 130 valence electrons. The summed E-state index contributed by atoms with van der Waals surface area (Å²) in [6.07, 6.45) is 3.14. The van der Waals surface area contributed by atoms with Crippen molar-refractivity contribution in [1.29, 1.82) is 0 Å². The number of fused-ring (bicyclic) bond motifs is 1. The molecule has 1 aromatic heterocycles. The van der Waals surface area contributed by atoms with E-state index in [2.05, 4.69) is 82.5 Å². The monoisotopic (exact) mass is 341 g/mol. The number of H-pyrrole nitrogens is 1. The predicted octanol–water partition coefficient (Wildman–Crippen LogP) is 5.24. The first kappa shape index (κ1) is 16.4. The number of para-hydroxylation sites is 2. The van der Waals surface area contributed by atoms with E-state index in [1.165, 1.54) is 22.0 Å². The highest BCUT2D eigenvalue weighted by molar-refractivity contribution is 5.83. The highest BCUT2D eigenvalue weighted by Crippen LogP contribution is 2.19. The zero-order valence-electron chi connectivity index (χ0n) is 14.7. The average molecular weight is 341 g/mol. The van der Waals surface area contributed by atoms with E-state index < -0.39 is 0 Å². The van der Waals surface area contributed by atoms with Gasteiger partial charge >= 0.3 is 0 Å². The highest BCUT2D eigenvalue weighted by Gasteiger charge is 2.02. The van der Waals surface area contributed by atoms with E-state index in [1.54, 1.807) is 0 Å². The van der Waals surface area contributed by atoms with Gasteiger partial charge in [0, 0.05) is 35.0 Å². The van der Waals surface area contributed by atoms with E-state index in [4.69, 9.17) is 0 Å². The van der Waals surface area contributed by atoms with Gasteiger partial charge in [-0.3, -0.25) is 0 Å². The Balaban J connectivity index is 1.31. The van der Waals surface area contributed by atoms with Crippen LogP contribution in [0.3, 0.4) is 0 Å². The summed E-state index contributed by atoms with van der Waals surface area (Å²) in [5, 5.41) is 8.32. The molecule has 4 rings (SSSR count). The molecule has 0 saturated heterocycles. The summed E-state index contributed by atoms with van der Waals surface area (Å²) >= 11 is 0. The Kier molecular flexibility index (Phi) is 4.99. The van der Waals surface area contributed by atoms with E-state index in [0.29, 0.717) is 0 Å². The number of aromatic amines is 1. The fourth-order valence-corrected chi connectivity index (χ4v) is 3.24. The third-order valence-electron chi connectivity index (χ3n) is 4.56. The van der Waals surface area contributed by atoms with Crippen molar-refractivity contribution in [2.45, 2.75) is 13.0 Å². The molecule has 3 heteroatoms. The van der Waals surface area contributed by atoms with Crippen molar-refractivity contribution in [1.82, 2.24) is 10.3 Å². The average Bonchev–Trinajstić information content (AvgIpc) is 3.10. The van der Waals surface area contributed by atoms with Crippen LogP contribution in [-0.4, -0.2) is 11.5 Å². The van der Waals surface area contributed by atoms with Crippen molar-refractivity contribution in [3.05, 3.63) is 96.2 Å². The zero-order chi connectivity index (χ0) is 17.6. The molecule has 3 nitrogen and oxygen atoms in total. The minimum Gasteiger partial charge on any atom is -0.361 e. The molecular weight excluding hydrogens is 318 g/mol. The topological polar surface area (TPSA) is 39.8 Å². The summed E-state index contributed by atoms with van der Waals surface area (Å²) in [7, 11) is 0. The van der Waals surface area contributed by atoms with Crippen molar-refractivity contribution in [2.24, 2.45) is 0 Å². The lowest BCUT2D eigenvalue weighted by molar-refractivity contribution is 0.688. The van der Waals surface area contributed by atoms with Gasteiger partial charge in [0.2, 0.25) is 0 Å². The third-order valence-corrected chi connectivity index (χ3v) is 4.56. The maximum Gasteiger partial charge on any atom is 0.0456 e. The number of nitrogens with one attached hydrogen (secondary N) is 3. The number of anilines is 2. The molecule has 4 aromatic rings. The minimum atomic E-state index is 0.868. The molecule has 0 aliphatic carbocycles. The van der Waals surface area contributed by atoms with Gasteiger partial charge in [0.25, 0.3) is 0 Å². The first-order chi connectivity index (χ1) is 12.9. The van der Waals surface area contributed by atoms with Gasteiger partial charge in [-0.15, -0.1) is 0 Å². The Morgan fingerprint density at radius 3 is 2.50 bits per heavy atom. The van der Waals surface area contributed by atoms with Crippen LogP contribution in [0, 0.1) is 0 Å². The predicted molar refractivity (Wildman–Crippen MR) is 110 cm³/mol. The normalized spacial score (nSPS) is 10.9. The number of hydrogen-bond donors (Lipinski definition) is 3. The van der Waals surface area contributed by atoms with E-state index in [9.17, 15) is 0 Å². The van der Waals surface area contributed by atoms with Gasteiger partial charge in [-0.05, 0) is 54.4 Å². The second-order valence-electron chi connectivity index (χ2n) is 6.48. The van der Waals surface area contributed by atoms with Crippen LogP contribution in [-0.2, 0) is 13.0 Å². The van der Waals surface area contributed by atoms with Crippen molar-refractivity contribution < 1.29 is 0 Å². The summed E-state index contributed by atoms with van der Waals surface area (Å²) in [6.45, 7) is 1.82. The third kappa shape index (κ3) is 3.95. The summed E-state index contributed by atoms with van der Waals surface area (Å²) in [6, 6.07) is 27.3. The van der Waals surface area contributed by atoms with Crippen LogP contribution in [0.1, 0.15) is 11.1 Å². The molecule has 0 bridgehead atoms. The second kappa shape index (κ2) is 7.89. The quantitative estimate of drug-likeness (QED) is 0.402. The second-order valence-corrected chi connectivity index (χ2v) is 6.48. The van der Waals surface area contributed by atoms with E-state index in [-0.39, 0.29) is 0 Å². The Morgan fingerprint density at radius 2 is 1.58 bits per heavy atom. The summed E-state index contributed by atoms with van der Waals surface area (Å²) in [5.41, 5.74) is 6.09. The van der Waals surface area contributed by atoms with Gasteiger partial charge in [0.05, 0.1) is 0 Å². The Bertz CT molecular complexity index is 973. The smallest absolute Gasteiger partial charge is 0.0456 e. The van der Waals surface area contributed by atoms with Gasteiger partial charge < -0.3 is 15.6 Å². The van der Waals surface area contributed by atoms with Gasteiger partial charge in [0.1, 0.15) is 0 Å². The molecule has 0 spiro atoms. The molecule has 3 N–H and O–H groups in total. The molecule has 0 amide bonds. The van der Waals surface area contributed by atoms with E-state index in [0.717, 1.165) is 30.9 Å². The summed E-state index contributed by atoms with van der Waals surface area (Å²) in [5.74, 6) is 0. The van der Waals surface area contributed by atoms with Crippen LogP contribution in [0.15, 0.2) is 85.1 Å². The Morgan fingerprint density at radius 1 is 0.769 bits per heavy atom. The summed E-state index contributed by atoms with van der Waals surface area (Å²) < 4.78 is 0. The number of aromatic nitrogens is 1. The van der Waals surface area contributed by atoms with Crippen molar-refractivity contribution in [3.8, 4) is 0 Å². The van der Waals surface area contributed by atoms with Gasteiger partial charge in [-0.25, -0.2) is 0 Å². The van der Waals surface area contributed by atoms with Crippen LogP contribution in [0.5, 0.6) is 0 Å². The van der Waals surface area contributed by atoms with Crippen LogP contribution in [0.2, 0.25) is 0 Å². The molecule has 1 heterocycles. The summed E-state index contributed by atoms with van der Waals surface area (Å²) in [4.78, 5) is 3.34. The highest BCUT2D eigenvalue weighted by atomic mass is 14.9. The van der Waals surface area contributed by atoms with Crippen LogP contribution < -0.4 is 10.6 Å². The first-order valence-electron chi connectivity index (χ1n) is 9.05. The van der Waals surface area contributed by atoms with Crippen LogP contribution in [0.25, 0.3) is 10.9 Å². The fourth-order valence-electron chi connectivity index (χ4n) is 3.24. The van der Waals surface area contributed by atoms with Crippen molar-refractivity contribution >= 4 is 22.3 Å². The SMILES string of the molecule is c1ccc(Nc2cccc(CNCCc3c[nH]c4ccccc34)c2)cc1. The molecule has 0 radical (unpaired) electrons. The lowest BCUT2D eigenvalue weighted by atomic mass is 10.1. The Labute approximate surface area is 154 Å². The van der Waals surface area contributed by atoms with Crippen LogP contribution in [0.4, 0.5) is 11.4 Å². The van der Waals surface area contributed by atoms with E-state index >= 15 is 0 Å². The van der Waals surface area contributed by atoms with Gasteiger partial charge in [-0.2, -0.15) is 0 Å². The zero-order valence-corrected chi connectivity index (χ0v) is 14.7. The molecular formula is C23H23N3. The van der Waals surface area contributed by atoms with Gasteiger partial charge in [0.15, 0.2) is 0 Å². The molecule has 0 fully saturated rings. The molecule has 0 aliphatic heterocycles. The molecule has 0 atom stereocenters. The molecule has 26 heavy (non-hydrogen) atoms. The van der Waals surface area contributed by atoms with Crippen LogP contribution >= 0.6 is 0 Å². The Hall–Kier alpha value is -3.04. The van der Waals surface area contributed by atoms with E-state index in [1.807, 2.05) is 18.2 Å². The number of rotatable bonds is 7.